The maximum Gasteiger partial charge on any atom is 0.342 e. The minimum Gasteiger partial charge on any atom is -0.378 e. The molecule has 2 aromatic rings. The number of carbonyl (C=O) groups is 1. The van der Waals surface area contributed by atoms with E-state index in [0.29, 0.717) is 0 Å². The summed E-state index contributed by atoms with van der Waals surface area (Å²) in [6.45, 7) is 0. The van der Waals surface area contributed by atoms with Crippen molar-refractivity contribution in [3.63, 3.8) is 0 Å². The molecule has 3 N–H and O–H groups in total. The van der Waals surface area contributed by atoms with Gasteiger partial charge in [0.1, 0.15) is 5.69 Å². The van der Waals surface area contributed by atoms with E-state index in [-0.39, 0.29) is 12.1 Å². The first kappa shape index (κ1) is 16.1. The largest absolute Gasteiger partial charge is 0.378 e. The minimum absolute atomic E-state index is 0.0902. The number of nitrogens with one attached hydrogen (secondary N) is 3. The van der Waals surface area contributed by atoms with Crippen LogP contribution in [0, 0.1) is 0 Å². The SMILES string of the molecule is CN(C)c1ccc(C=NNC(=O)Cc2n[nH]c(=O)[nH]c2=O)cc1. The van der Waals surface area contributed by atoms with Crippen LogP contribution in [0.1, 0.15) is 11.3 Å². The molecule has 0 spiro atoms. The first-order chi connectivity index (χ1) is 11.0. The van der Waals surface area contributed by atoms with Gasteiger partial charge in [-0.3, -0.25) is 14.6 Å². The quantitative estimate of drug-likeness (QED) is 0.493. The molecule has 0 bridgehead atoms. The molecule has 0 fully saturated rings. The first-order valence-corrected chi connectivity index (χ1v) is 6.73. The van der Waals surface area contributed by atoms with Gasteiger partial charge in [-0.2, -0.15) is 10.2 Å². The van der Waals surface area contributed by atoms with E-state index in [1.807, 2.05) is 48.2 Å². The molecule has 9 heteroatoms. The van der Waals surface area contributed by atoms with E-state index in [4.69, 9.17) is 0 Å². The Hall–Kier alpha value is -3.23. The van der Waals surface area contributed by atoms with Gasteiger partial charge in [0.15, 0.2) is 0 Å². The van der Waals surface area contributed by atoms with Crippen LogP contribution in [0.25, 0.3) is 0 Å². The molecule has 0 aliphatic heterocycles. The second-order valence-corrected chi connectivity index (χ2v) is 4.91. The van der Waals surface area contributed by atoms with Crippen LogP contribution in [-0.2, 0) is 11.2 Å². The van der Waals surface area contributed by atoms with Gasteiger partial charge < -0.3 is 4.90 Å². The van der Waals surface area contributed by atoms with Gasteiger partial charge in [0.25, 0.3) is 5.56 Å². The fourth-order valence-corrected chi connectivity index (χ4v) is 1.72. The van der Waals surface area contributed by atoms with Gasteiger partial charge in [-0.1, -0.05) is 12.1 Å². The van der Waals surface area contributed by atoms with Gasteiger partial charge in [0, 0.05) is 19.8 Å². The van der Waals surface area contributed by atoms with Gasteiger partial charge in [0.05, 0.1) is 12.6 Å². The highest BCUT2D eigenvalue weighted by Gasteiger charge is 2.08. The second kappa shape index (κ2) is 7.16. The number of hydrogen-bond donors (Lipinski definition) is 3. The minimum atomic E-state index is -0.724. The van der Waals surface area contributed by atoms with Gasteiger partial charge >= 0.3 is 5.69 Å². The van der Waals surface area contributed by atoms with Crippen molar-refractivity contribution in [3.8, 4) is 0 Å². The van der Waals surface area contributed by atoms with E-state index in [0.717, 1.165) is 11.3 Å². The number of anilines is 1. The van der Waals surface area contributed by atoms with E-state index in [1.165, 1.54) is 6.21 Å². The Balaban J connectivity index is 1.93. The summed E-state index contributed by atoms with van der Waals surface area (Å²) in [5.41, 5.74) is 2.64. The van der Waals surface area contributed by atoms with Crippen molar-refractivity contribution in [2.24, 2.45) is 5.10 Å². The monoisotopic (exact) mass is 316 g/mol. The molecule has 9 nitrogen and oxygen atoms in total. The molecule has 0 unspecified atom stereocenters. The molecule has 0 saturated heterocycles. The zero-order valence-corrected chi connectivity index (χ0v) is 12.7. The molecule has 0 radical (unpaired) electrons. The molecule has 1 aromatic heterocycles. The van der Waals surface area contributed by atoms with Gasteiger partial charge in [-0.05, 0) is 17.7 Å². The number of hydrazone groups is 1. The highest BCUT2D eigenvalue weighted by molar-refractivity contribution is 5.83. The highest BCUT2D eigenvalue weighted by Crippen LogP contribution is 2.10. The van der Waals surface area contributed by atoms with E-state index in [1.54, 1.807) is 0 Å². The van der Waals surface area contributed by atoms with Crippen LogP contribution in [-0.4, -0.2) is 41.4 Å². The summed E-state index contributed by atoms with van der Waals surface area (Å²) in [7, 11) is 3.88. The lowest BCUT2D eigenvalue weighted by Crippen LogP contribution is -2.31. The molecule has 1 aromatic carbocycles. The van der Waals surface area contributed by atoms with Crippen LogP contribution in [0.2, 0.25) is 0 Å². The number of aromatic nitrogens is 3. The van der Waals surface area contributed by atoms with E-state index >= 15 is 0 Å². The van der Waals surface area contributed by atoms with E-state index in [9.17, 15) is 14.4 Å². The lowest BCUT2D eigenvalue weighted by atomic mass is 10.2. The molecule has 23 heavy (non-hydrogen) atoms. The number of carbonyl (C=O) groups excluding carboxylic acids is 1. The third-order valence-electron chi connectivity index (χ3n) is 2.92. The number of amides is 1. The average molecular weight is 316 g/mol. The predicted octanol–water partition coefficient (Wildman–Crippen LogP) is -0.783. The molecule has 1 heterocycles. The standard InChI is InChI=1S/C14H16N6O3/c1-20(2)10-5-3-9(4-6-10)8-15-18-12(21)7-11-13(22)16-14(23)19-17-11/h3-6,8H,7H2,1-2H3,(H,18,21)(H2,16,19,22,23). The van der Waals surface area contributed by atoms with Gasteiger partial charge in [-0.15, -0.1) is 0 Å². The number of H-pyrrole nitrogens is 2. The topological polar surface area (TPSA) is 123 Å². The Morgan fingerprint density at radius 1 is 1.30 bits per heavy atom. The predicted molar refractivity (Wildman–Crippen MR) is 85.7 cm³/mol. The zero-order chi connectivity index (χ0) is 16.8. The number of aromatic amines is 2. The molecule has 0 saturated carbocycles. The molecular weight excluding hydrogens is 300 g/mol. The van der Waals surface area contributed by atoms with Crippen molar-refractivity contribution >= 4 is 17.8 Å². The summed E-state index contributed by atoms with van der Waals surface area (Å²) < 4.78 is 0. The lowest BCUT2D eigenvalue weighted by Gasteiger charge is -2.11. The summed E-state index contributed by atoms with van der Waals surface area (Å²) in [6, 6.07) is 7.57. The van der Waals surface area contributed by atoms with Crippen molar-refractivity contribution < 1.29 is 4.79 Å². The first-order valence-electron chi connectivity index (χ1n) is 6.73. The Morgan fingerprint density at radius 3 is 2.61 bits per heavy atom. The van der Waals surface area contributed by atoms with Crippen LogP contribution >= 0.6 is 0 Å². The number of benzene rings is 1. The summed E-state index contributed by atoms with van der Waals surface area (Å²) in [5.74, 6) is -0.517. The van der Waals surface area contributed by atoms with E-state index in [2.05, 4.69) is 20.7 Å². The smallest absolute Gasteiger partial charge is 0.342 e. The Morgan fingerprint density at radius 2 is 2.00 bits per heavy atom. The fourth-order valence-electron chi connectivity index (χ4n) is 1.72. The fraction of sp³-hybridized carbons (Fsp3) is 0.214. The molecule has 0 aliphatic carbocycles. The number of rotatable bonds is 5. The van der Waals surface area contributed by atoms with Crippen LogP contribution in [0.5, 0.6) is 0 Å². The number of hydrogen-bond acceptors (Lipinski definition) is 6. The molecule has 0 aliphatic rings. The highest BCUT2D eigenvalue weighted by atomic mass is 16.2. The third kappa shape index (κ3) is 4.63. The van der Waals surface area contributed by atoms with Crippen molar-refractivity contribution in [3.05, 3.63) is 56.4 Å². The Kier molecular flexibility index (Phi) is 5.03. The number of nitrogens with zero attached hydrogens (tertiary/aromatic N) is 3. The van der Waals surface area contributed by atoms with Crippen LogP contribution in [0.3, 0.4) is 0 Å². The van der Waals surface area contributed by atoms with Crippen LogP contribution in [0.4, 0.5) is 5.69 Å². The third-order valence-corrected chi connectivity index (χ3v) is 2.92. The molecular formula is C14H16N6O3. The molecule has 0 atom stereocenters. The summed E-state index contributed by atoms with van der Waals surface area (Å²) in [5, 5.41) is 9.38. The zero-order valence-electron chi connectivity index (χ0n) is 12.7. The maximum atomic E-state index is 11.7. The molecule has 2 rings (SSSR count). The van der Waals surface area contributed by atoms with Crippen LogP contribution < -0.4 is 21.6 Å². The van der Waals surface area contributed by atoms with Gasteiger partial charge in [-0.25, -0.2) is 15.3 Å². The molecule has 1 amide bonds. The second-order valence-electron chi connectivity index (χ2n) is 4.91. The summed E-state index contributed by atoms with van der Waals surface area (Å²) in [4.78, 5) is 37.8. The maximum absolute atomic E-state index is 11.7. The summed E-state index contributed by atoms with van der Waals surface area (Å²) in [6.07, 6.45) is 1.20. The van der Waals surface area contributed by atoms with Crippen molar-refractivity contribution in [1.29, 1.82) is 0 Å². The average Bonchev–Trinajstić information content (AvgIpc) is 2.50. The van der Waals surface area contributed by atoms with Crippen LogP contribution in [0.15, 0.2) is 39.0 Å². The normalized spacial score (nSPS) is 10.7. The Labute approximate surface area is 131 Å². The van der Waals surface area contributed by atoms with Crippen molar-refractivity contribution in [2.75, 3.05) is 19.0 Å². The Bertz CT molecular complexity index is 819. The molecule has 120 valence electrons. The lowest BCUT2D eigenvalue weighted by molar-refractivity contribution is -0.120. The van der Waals surface area contributed by atoms with Gasteiger partial charge in [0.2, 0.25) is 5.91 Å². The van der Waals surface area contributed by atoms with Crippen molar-refractivity contribution in [1.82, 2.24) is 20.6 Å². The van der Waals surface area contributed by atoms with Crippen molar-refractivity contribution in [2.45, 2.75) is 6.42 Å². The summed E-state index contributed by atoms with van der Waals surface area (Å²) >= 11 is 0. The van der Waals surface area contributed by atoms with E-state index < -0.39 is 17.2 Å².